The Balaban J connectivity index is 1.92. The van der Waals surface area contributed by atoms with E-state index in [1.165, 1.54) is 0 Å². The molecule has 0 aromatic heterocycles. The molecule has 0 spiro atoms. The maximum absolute atomic E-state index is 14.2. The minimum Gasteiger partial charge on any atom is -0.497 e. The van der Waals surface area contributed by atoms with Crippen molar-refractivity contribution < 1.29 is 19.1 Å². The molecule has 2 atom stereocenters. The van der Waals surface area contributed by atoms with E-state index < -0.39 is 11.5 Å². The summed E-state index contributed by atoms with van der Waals surface area (Å²) < 4.78 is 10.5. The standard InChI is InChI=1S/C32H39ClN2O4S/c1-21(2)19-32(3,31(37)35-28(30(36)34-4)18-22-10-14-24(38-5)15-11-22)26-8-7-9-27(33)29(26)40-20-23-12-16-25(39-6)17-13-23/h7-17,21,28H,18-20H2,1-6H3,(H,34,36)(H,35,37)/t28-,32?/m0/s1. The zero-order valence-electron chi connectivity index (χ0n) is 24.0. The molecule has 2 N–H and O–H groups in total. The summed E-state index contributed by atoms with van der Waals surface area (Å²) in [6.07, 6.45) is 0.931. The Kier molecular flexibility index (Phi) is 11.3. The highest BCUT2D eigenvalue weighted by molar-refractivity contribution is 7.98. The van der Waals surface area contributed by atoms with Crippen molar-refractivity contribution in [1.29, 1.82) is 0 Å². The van der Waals surface area contributed by atoms with Gasteiger partial charge in [0.05, 0.1) is 24.7 Å². The molecule has 0 heterocycles. The molecule has 0 aliphatic carbocycles. The summed E-state index contributed by atoms with van der Waals surface area (Å²) in [4.78, 5) is 27.9. The molecular weight excluding hydrogens is 544 g/mol. The molecule has 0 aliphatic heterocycles. The van der Waals surface area contributed by atoms with Crippen molar-refractivity contribution in [2.45, 2.75) is 55.7 Å². The summed E-state index contributed by atoms with van der Waals surface area (Å²) in [7, 11) is 4.83. The van der Waals surface area contributed by atoms with Gasteiger partial charge in [-0.15, -0.1) is 11.8 Å². The molecule has 0 radical (unpaired) electrons. The zero-order chi connectivity index (χ0) is 29.3. The van der Waals surface area contributed by atoms with Gasteiger partial charge >= 0.3 is 0 Å². The summed E-state index contributed by atoms with van der Waals surface area (Å²) in [5.74, 6) is 1.96. The van der Waals surface area contributed by atoms with Gasteiger partial charge in [0.2, 0.25) is 11.8 Å². The molecule has 1 unspecified atom stereocenters. The molecule has 3 rings (SSSR count). The summed E-state index contributed by atoms with van der Waals surface area (Å²) in [5, 5.41) is 6.37. The van der Waals surface area contributed by atoms with Gasteiger partial charge in [-0.25, -0.2) is 0 Å². The Morgan fingerprint density at radius 1 is 0.925 bits per heavy atom. The smallest absolute Gasteiger partial charge is 0.242 e. The summed E-state index contributed by atoms with van der Waals surface area (Å²) in [6, 6.07) is 20.4. The van der Waals surface area contributed by atoms with Crippen LogP contribution in [-0.4, -0.2) is 39.1 Å². The molecule has 0 saturated carbocycles. The number of halogens is 1. The Morgan fingerprint density at radius 3 is 2.02 bits per heavy atom. The summed E-state index contributed by atoms with van der Waals surface area (Å²) in [6.45, 7) is 6.13. The van der Waals surface area contributed by atoms with Crippen molar-refractivity contribution in [3.05, 3.63) is 88.4 Å². The lowest BCUT2D eigenvalue weighted by molar-refractivity contribution is -0.132. The number of ether oxygens (including phenoxy) is 2. The average molecular weight is 583 g/mol. The molecule has 8 heteroatoms. The zero-order valence-corrected chi connectivity index (χ0v) is 25.6. The molecule has 6 nitrogen and oxygen atoms in total. The monoisotopic (exact) mass is 582 g/mol. The maximum Gasteiger partial charge on any atom is 0.242 e. The first-order valence-electron chi connectivity index (χ1n) is 13.3. The average Bonchev–Trinajstić information content (AvgIpc) is 2.95. The number of amides is 2. The Labute approximate surface area is 247 Å². The fraction of sp³-hybridized carbons (Fsp3) is 0.375. The Bertz CT molecular complexity index is 1280. The second-order valence-corrected chi connectivity index (χ2v) is 11.8. The van der Waals surface area contributed by atoms with Gasteiger partial charge in [-0.3, -0.25) is 9.59 Å². The van der Waals surface area contributed by atoms with Gasteiger partial charge in [0.1, 0.15) is 17.5 Å². The van der Waals surface area contributed by atoms with Gasteiger partial charge in [-0.1, -0.05) is 61.8 Å². The second kappa shape index (κ2) is 14.5. The normalized spacial score (nSPS) is 13.3. The minimum atomic E-state index is -0.923. The Hall–Kier alpha value is -3.16. The first-order valence-corrected chi connectivity index (χ1v) is 14.7. The molecule has 2 amide bonds. The van der Waals surface area contributed by atoms with Gasteiger partial charge in [0.25, 0.3) is 0 Å². The van der Waals surface area contributed by atoms with E-state index in [1.54, 1.807) is 33.0 Å². The van der Waals surface area contributed by atoms with Gasteiger partial charge < -0.3 is 20.1 Å². The quantitative estimate of drug-likeness (QED) is 0.227. The van der Waals surface area contributed by atoms with Crippen molar-refractivity contribution >= 4 is 35.2 Å². The van der Waals surface area contributed by atoms with Crippen molar-refractivity contribution in [3.63, 3.8) is 0 Å². The van der Waals surface area contributed by atoms with Crippen LogP contribution in [0.25, 0.3) is 0 Å². The number of thioether (sulfide) groups is 1. The van der Waals surface area contributed by atoms with Gasteiger partial charge in [0, 0.05) is 24.1 Å². The molecule has 0 aliphatic rings. The lowest BCUT2D eigenvalue weighted by Crippen LogP contribution is -2.53. The van der Waals surface area contributed by atoms with Gasteiger partial charge in [0.15, 0.2) is 0 Å². The summed E-state index contributed by atoms with van der Waals surface area (Å²) in [5.41, 5.74) is 1.96. The number of likely N-dealkylation sites (N-methyl/N-ethyl adjacent to an activating group) is 1. The molecule has 214 valence electrons. The third-order valence-corrected chi connectivity index (χ3v) is 8.52. The minimum absolute atomic E-state index is 0.211. The fourth-order valence-corrected chi connectivity index (χ4v) is 6.30. The largest absolute Gasteiger partial charge is 0.497 e. The van der Waals surface area contributed by atoms with Crippen LogP contribution >= 0.6 is 23.4 Å². The van der Waals surface area contributed by atoms with Crippen LogP contribution in [0, 0.1) is 5.92 Å². The topological polar surface area (TPSA) is 76.7 Å². The van der Waals surface area contributed by atoms with E-state index in [-0.39, 0.29) is 17.7 Å². The first kappa shape index (κ1) is 31.4. The van der Waals surface area contributed by atoms with Crippen LogP contribution in [0.3, 0.4) is 0 Å². The maximum atomic E-state index is 14.2. The van der Waals surface area contributed by atoms with E-state index >= 15 is 0 Å². The van der Waals surface area contributed by atoms with Crippen LogP contribution in [0.5, 0.6) is 11.5 Å². The van der Waals surface area contributed by atoms with E-state index in [2.05, 4.69) is 24.5 Å². The van der Waals surface area contributed by atoms with Crippen molar-refractivity contribution in [2.24, 2.45) is 5.92 Å². The van der Waals surface area contributed by atoms with Crippen LogP contribution in [0.1, 0.15) is 43.9 Å². The second-order valence-electron chi connectivity index (χ2n) is 10.4. The number of hydrogen-bond donors (Lipinski definition) is 2. The van der Waals surface area contributed by atoms with Crippen molar-refractivity contribution in [1.82, 2.24) is 10.6 Å². The van der Waals surface area contributed by atoms with Crippen molar-refractivity contribution in [3.8, 4) is 11.5 Å². The third kappa shape index (κ3) is 7.95. The molecular formula is C32H39ClN2O4S. The fourth-order valence-electron chi connectivity index (χ4n) is 4.81. The highest BCUT2D eigenvalue weighted by Gasteiger charge is 2.40. The third-order valence-electron chi connectivity index (χ3n) is 6.89. The number of benzene rings is 3. The number of carbonyl (C=O) groups is 2. The lowest BCUT2D eigenvalue weighted by atomic mass is 9.75. The van der Waals surface area contributed by atoms with Crippen LogP contribution in [0.4, 0.5) is 0 Å². The molecule has 0 saturated heterocycles. The SMILES string of the molecule is CNC(=O)[C@H](Cc1ccc(OC)cc1)NC(=O)C(C)(CC(C)C)c1cccc(Cl)c1SCc1ccc(OC)cc1. The van der Waals surface area contributed by atoms with Crippen molar-refractivity contribution in [2.75, 3.05) is 21.3 Å². The molecule has 0 bridgehead atoms. The highest BCUT2D eigenvalue weighted by atomic mass is 35.5. The number of methoxy groups -OCH3 is 2. The molecule has 0 fully saturated rings. The number of hydrogen-bond acceptors (Lipinski definition) is 5. The predicted octanol–water partition coefficient (Wildman–Crippen LogP) is 6.43. The number of nitrogens with one attached hydrogen (secondary N) is 2. The van der Waals surface area contributed by atoms with Gasteiger partial charge in [-0.2, -0.15) is 0 Å². The molecule has 3 aromatic carbocycles. The summed E-state index contributed by atoms with van der Waals surface area (Å²) >= 11 is 8.36. The van der Waals surface area contributed by atoms with Gasteiger partial charge in [-0.05, 0) is 66.3 Å². The highest BCUT2D eigenvalue weighted by Crippen LogP contribution is 2.42. The van der Waals surface area contributed by atoms with E-state index in [4.69, 9.17) is 21.1 Å². The van der Waals surface area contributed by atoms with Crippen LogP contribution in [0.2, 0.25) is 5.02 Å². The van der Waals surface area contributed by atoms with E-state index in [0.717, 1.165) is 33.1 Å². The number of carbonyl (C=O) groups excluding carboxylic acids is 2. The molecule has 40 heavy (non-hydrogen) atoms. The first-order chi connectivity index (χ1) is 19.1. The molecule has 3 aromatic rings. The Morgan fingerprint density at radius 2 is 1.50 bits per heavy atom. The van der Waals surface area contributed by atoms with E-state index in [1.807, 2.05) is 73.7 Å². The predicted molar refractivity (Wildman–Crippen MR) is 164 cm³/mol. The van der Waals surface area contributed by atoms with Crippen LogP contribution in [-0.2, 0) is 27.2 Å². The number of rotatable bonds is 13. The van der Waals surface area contributed by atoms with E-state index in [9.17, 15) is 9.59 Å². The van der Waals surface area contributed by atoms with Crippen LogP contribution in [0.15, 0.2) is 71.6 Å². The van der Waals surface area contributed by atoms with E-state index in [0.29, 0.717) is 23.6 Å². The van der Waals surface area contributed by atoms with Crippen LogP contribution < -0.4 is 20.1 Å². The lowest BCUT2D eigenvalue weighted by Gasteiger charge is -2.34.